The van der Waals surface area contributed by atoms with E-state index in [1.54, 1.807) is 0 Å². The highest BCUT2D eigenvalue weighted by Crippen LogP contribution is 2.36. The largest absolute Gasteiger partial charge is 0.192 e. The van der Waals surface area contributed by atoms with Crippen LogP contribution in [0.25, 0.3) is 0 Å². The average molecular weight is 325 g/mol. The molecule has 2 aromatic rings. The first kappa shape index (κ1) is 12.5. The highest BCUT2D eigenvalue weighted by Gasteiger charge is 2.09. The van der Waals surface area contributed by atoms with Crippen molar-refractivity contribution in [1.29, 1.82) is 5.26 Å². The van der Waals surface area contributed by atoms with Crippen molar-refractivity contribution in [3.05, 3.63) is 57.5 Å². The Labute approximate surface area is 118 Å². The molecule has 0 N–H and O–H groups in total. The lowest BCUT2D eigenvalue weighted by Crippen LogP contribution is -1.83. The summed E-state index contributed by atoms with van der Waals surface area (Å²) in [5.74, 6) is 0. The van der Waals surface area contributed by atoms with E-state index in [0.29, 0.717) is 10.6 Å². The fourth-order valence-corrected chi connectivity index (χ4v) is 3.13. The molecular formula is C13H7BrClNS. The SMILES string of the molecule is N#Cc1c(Br)cccc1Sc1ccccc1Cl. The van der Waals surface area contributed by atoms with E-state index in [0.717, 1.165) is 14.3 Å². The van der Waals surface area contributed by atoms with E-state index in [2.05, 4.69) is 22.0 Å². The summed E-state index contributed by atoms with van der Waals surface area (Å²) in [7, 11) is 0. The van der Waals surface area contributed by atoms with Crippen LogP contribution in [0.2, 0.25) is 5.02 Å². The summed E-state index contributed by atoms with van der Waals surface area (Å²) in [5.41, 5.74) is 0.636. The van der Waals surface area contributed by atoms with E-state index in [1.165, 1.54) is 11.8 Å². The molecule has 0 saturated carbocycles. The van der Waals surface area contributed by atoms with Crippen LogP contribution < -0.4 is 0 Å². The standard InChI is InChI=1S/C13H7BrClNS/c14-10-4-3-7-12(9(10)8-16)17-13-6-2-1-5-11(13)15/h1-7H. The molecule has 4 heteroatoms. The lowest BCUT2D eigenvalue weighted by atomic mass is 10.2. The summed E-state index contributed by atoms with van der Waals surface area (Å²) in [6, 6.07) is 15.5. The van der Waals surface area contributed by atoms with Crippen molar-refractivity contribution in [3.8, 4) is 6.07 Å². The van der Waals surface area contributed by atoms with Crippen molar-refractivity contribution in [1.82, 2.24) is 0 Å². The summed E-state index contributed by atoms with van der Waals surface area (Å²) in [5, 5.41) is 9.82. The molecule has 0 spiro atoms. The molecule has 2 aromatic carbocycles. The highest BCUT2D eigenvalue weighted by atomic mass is 79.9. The molecule has 0 aliphatic carbocycles. The summed E-state index contributed by atoms with van der Waals surface area (Å²) >= 11 is 11.0. The lowest BCUT2D eigenvalue weighted by Gasteiger charge is -2.06. The van der Waals surface area contributed by atoms with Crippen LogP contribution in [0.5, 0.6) is 0 Å². The third-order valence-electron chi connectivity index (χ3n) is 2.14. The number of halogens is 2. The minimum absolute atomic E-state index is 0.636. The number of nitriles is 1. The number of nitrogens with zero attached hydrogens (tertiary/aromatic N) is 1. The first-order chi connectivity index (χ1) is 8.22. The average Bonchev–Trinajstić information content (AvgIpc) is 2.32. The van der Waals surface area contributed by atoms with Gasteiger partial charge in [-0.3, -0.25) is 0 Å². The minimum atomic E-state index is 0.636. The zero-order valence-corrected chi connectivity index (χ0v) is 11.8. The Morgan fingerprint density at radius 2 is 1.76 bits per heavy atom. The molecule has 0 fully saturated rings. The van der Waals surface area contributed by atoms with Gasteiger partial charge < -0.3 is 0 Å². The van der Waals surface area contributed by atoms with Gasteiger partial charge in [-0.25, -0.2) is 0 Å². The second kappa shape index (κ2) is 5.59. The number of hydrogen-bond acceptors (Lipinski definition) is 2. The second-order valence-electron chi connectivity index (χ2n) is 3.26. The zero-order chi connectivity index (χ0) is 12.3. The molecule has 0 aliphatic heterocycles. The maximum atomic E-state index is 9.12. The Morgan fingerprint density at radius 3 is 2.47 bits per heavy atom. The summed E-state index contributed by atoms with van der Waals surface area (Å²) < 4.78 is 0.803. The van der Waals surface area contributed by atoms with E-state index >= 15 is 0 Å². The zero-order valence-electron chi connectivity index (χ0n) is 8.65. The van der Waals surface area contributed by atoms with Gasteiger partial charge in [0.2, 0.25) is 0 Å². The van der Waals surface area contributed by atoms with E-state index < -0.39 is 0 Å². The van der Waals surface area contributed by atoms with Crippen LogP contribution in [0.15, 0.2) is 56.7 Å². The van der Waals surface area contributed by atoms with Crippen LogP contribution in [-0.2, 0) is 0 Å². The molecular weight excluding hydrogens is 318 g/mol. The number of benzene rings is 2. The third kappa shape index (κ3) is 2.84. The van der Waals surface area contributed by atoms with Crippen molar-refractivity contribution in [2.24, 2.45) is 0 Å². The van der Waals surface area contributed by atoms with Gasteiger partial charge in [-0.15, -0.1) is 0 Å². The molecule has 17 heavy (non-hydrogen) atoms. The minimum Gasteiger partial charge on any atom is -0.192 e. The normalized spacial score (nSPS) is 9.94. The van der Waals surface area contributed by atoms with Gasteiger partial charge in [-0.05, 0) is 40.2 Å². The molecule has 0 atom stereocenters. The van der Waals surface area contributed by atoms with Crippen molar-refractivity contribution < 1.29 is 0 Å². The maximum Gasteiger partial charge on any atom is 0.102 e. The first-order valence-corrected chi connectivity index (χ1v) is 6.82. The van der Waals surface area contributed by atoms with Crippen LogP contribution in [0.4, 0.5) is 0 Å². The lowest BCUT2D eigenvalue weighted by molar-refractivity contribution is 1.33. The van der Waals surface area contributed by atoms with Crippen LogP contribution in [0.1, 0.15) is 5.56 Å². The molecule has 0 aromatic heterocycles. The van der Waals surface area contributed by atoms with Gasteiger partial charge in [-0.1, -0.05) is 41.6 Å². The summed E-state index contributed by atoms with van der Waals surface area (Å²) in [6.07, 6.45) is 0. The second-order valence-corrected chi connectivity index (χ2v) is 5.60. The van der Waals surface area contributed by atoms with Crippen molar-refractivity contribution in [2.45, 2.75) is 9.79 Å². The fourth-order valence-electron chi connectivity index (χ4n) is 1.34. The smallest absolute Gasteiger partial charge is 0.102 e. The number of rotatable bonds is 2. The van der Waals surface area contributed by atoms with E-state index in [4.69, 9.17) is 16.9 Å². The summed E-state index contributed by atoms with van der Waals surface area (Å²) in [4.78, 5) is 1.85. The van der Waals surface area contributed by atoms with Crippen LogP contribution in [0, 0.1) is 11.3 Å². The molecule has 0 unspecified atom stereocenters. The van der Waals surface area contributed by atoms with Crippen LogP contribution in [-0.4, -0.2) is 0 Å². The van der Waals surface area contributed by atoms with E-state index in [-0.39, 0.29) is 0 Å². The molecule has 0 bridgehead atoms. The molecule has 0 saturated heterocycles. The molecule has 0 aliphatic rings. The quantitative estimate of drug-likeness (QED) is 0.765. The highest BCUT2D eigenvalue weighted by molar-refractivity contribution is 9.10. The third-order valence-corrected chi connectivity index (χ3v) is 4.38. The molecule has 2 rings (SSSR count). The molecule has 0 amide bonds. The Bertz CT molecular complexity index is 592. The predicted octanol–water partition coefficient (Wildman–Crippen LogP) is 5.13. The maximum absolute atomic E-state index is 9.12. The predicted molar refractivity (Wildman–Crippen MR) is 74.4 cm³/mol. The molecule has 0 radical (unpaired) electrons. The van der Waals surface area contributed by atoms with Gasteiger partial charge in [0.15, 0.2) is 0 Å². The van der Waals surface area contributed by atoms with Gasteiger partial charge in [0.25, 0.3) is 0 Å². The Kier molecular flexibility index (Phi) is 4.11. The molecule has 0 heterocycles. The number of hydrogen-bond donors (Lipinski definition) is 0. The van der Waals surface area contributed by atoms with E-state index in [9.17, 15) is 0 Å². The van der Waals surface area contributed by atoms with Gasteiger partial charge in [0.05, 0.1) is 10.6 Å². The van der Waals surface area contributed by atoms with Crippen LogP contribution >= 0.6 is 39.3 Å². The van der Waals surface area contributed by atoms with Crippen LogP contribution in [0.3, 0.4) is 0 Å². The van der Waals surface area contributed by atoms with Gasteiger partial charge >= 0.3 is 0 Å². The van der Waals surface area contributed by atoms with Crippen molar-refractivity contribution in [3.63, 3.8) is 0 Å². The molecule has 1 nitrogen and oxygen atoms in total. The monoisotopic (exact) mass is 323 g/mol. The fraction of sp³-hybridized carbons (Fsp3) is 0. The first-order valence-electron chi connectivity index (χ1n) is 4.83. The Balaban J connectivity index is 2.41. The topological polar surface area (TPSA) is 23.8 Å². The van der Waals surface area contributed by atoms with Gasteiger partial charge in [0, 0.05) is 14.3 Å². The van der Waals surface area contributed by atoms with Crippen molar-refractivity contribution >= 4 is 39.3 Å². The van der Waals surface area contributed by atoms with Gasteiger partial charge in [0.1, 0.15) is 6.07 Å². The van der Waals surface area contributed by atoms with Crippen molar-refractivity contribution in [2.75, 3.05) is 0 Å². The van der Waals surface area contributed by atoms with E-state index in [1.807, 2.05) is 42.5 Å². The Morgan fingerprint density at radius 1 is 1.06 bits per heavy atom. The Hall–Kier alpha value is -0.950. The summed E-state index contributed by atoms with van der Waals surface area (Å²) in [6.45, 7) is 0. The molecule has 84 valence electrons. The van der Waals surface area contributed by atoms with Gasteiger partial charge in [-0.2, -0.15) is 5.26 Å².